The number of hydrogen-bond acceptors (Lipinski definition) is 8. The van der Waals surface area contributed by atoms with Crippen LogP contribution < -0.4 is 10.2 Å². The molecule has 4 rings (SSSR count). The van der Waals surface area contributed by atoms with Gasteiger partial charge in [-0.25, -0.2) is 4.98 Å². The Labute approximate surface area is 193 Å². The number of carbonyl (C=O) groups is 2. The third kappa shape index (κ3) is 5.69. The highest BCUT2D eigenvalue weighted by molar-refractivity contribution is 8.01. The topological polar surface area (TPSA) is 88.1 Å². The van der Waals surface area contributed by atoms with Crippen LogP contribution in [0.3, 0.4) is 0 Å². The summed E-state index contributed by atoms with van der Waals surface area (Å²) >= 11 is 4.06. The number of benzene rings is 1. The van der Waals surface area contributed by atoms with E-state index in [-0.39, 0.29) is 23.6 Å². The minimum atomic E-state index is -0.147. The SMILES string of the molecule is CCCc1ccc(-c2csc(NC(=O)CSc3nnc(N(C(C)=O)C4CC4)s3)n2)cc1. The molecule has 2 heterocycles. The molecule has 1 aliphatic rings. The molecule has 3 aromatic rings. The summed E-state index contributed by atoms with van der Waals surface area (Å²) in [4.78, 5) is 30.4. The van der Waals surface area contributed by atoms with E-state index in [4.69, 9.17) is 0 Å². The number of hydrogen-bond donors (Lipinski definition) is 1. The zero-order chi connectivity index (χ0) is 21.8. The lowest BCUT2D eigenvalue weighted by Gasteiger charge is -2.15. The van der Waals surface area contributed by atoms with E-state index in [1.54, 1.807) is 11.8 Å². The number of aromatic nitrogens is 3. The number of anilines is 2. The van der Waals surface area contributed by atoms with Crippen molar-refractivity contribution < 1.29 is 9.59 Å². The Balaban J connectivity index is 1.30. The predicted octanol–water partition coefficient (Wildman–Crippen LogP) is 4.86. The molecule has 1 fully saturated rings. The minimum Gasteiger partial charge on any atom is -0.301 e. The smallest absolute Gasteiger partial charge is 0.236 e. The first-order valence-electron chi connectivity index (χ1n) is 10.1. The normalized spacial score (nSPS) is 13.2. The Hall–Kier alpha value is -2.30. The molecule has 0 bridgehead atoms. The van der Waals surface area contributed by atoms with Crippen molar-refractivity contribution in [2.24, 2.45) is 0 Å². The molecule has 7 nitrogen and oxygen atoms in total. The second-order valence-corrected chi connectivity index (χ2v) is 10.3. The van der Waals surface area contributed by atoms with Crippen molar-refractivity contribution in [1.29, 1.82) is 0 Å². The van der Waals surface area contributed by atoms with Gasteiger partial charge in [0.2, 0.25) is 16.9 Å². The average molecular weight is 474 g/mol. The second kappa shape index (κ2) is 9.88. The van der Waals surface area contributed by atoms with E-state index >= 15 is 0 Å². The van der Waals surface area contributed by atoms with E-state index < -0.39 is 0 Å². The van der Waals surface area contributed by atoms with Gasteiger partial charge in [-0.15, -0.1) is 21.5 Å². The second-order valence-electron chi connectivity index (χ2n) is 7.29. The molecular weight excluding hydrogens is 450 g/mol. The molecule has 0 unspecified atom stereocenters. The van der Waals surface area contributed by atoms with E-state index in [9.17, 15) is 9.59 Å². The van der Waals surface area contributed by atoms with Crippen molar-refractivity contribution in [3.05, 3.63) is 35.2 Å². The van der Waals surface area contributed by atoms with Crippen LogP contribution >= 0.6 is 34.4 Å². The molecule has 0 atom stereocenters. The monoisotopic (exact) mass is 473 g/mol. The van der Waals surface area contributed by atoms with Crippen molar-refractivity contribution in [2.75, 3.05) is 16.0 Å². The molecule has 162 valence electrons. The molecule has 0 saturated heterocycles. The number of amides is 2. The van der Waals surface area contributed by atoms with E-state index in [1.807, 2.05) is 5.38 Å². The van der Waals surface area contributed by atoms with Gasteiger partial charge in [-0.2, -0.15) is 0 Å². The van der Waals surface area contributed by atoms with E-state index in [1.165, 1.54) is 40.0 Å². The fourth-order valence-electron chi connectivity index (χ4n) is 3.12. The van der Waals surface area contributed by atoms with Gasteiger partial charge in [0.05, 0.1) is 11.4 Å². The van der Waals surface area contributed by atoms with Crippen molar-refractivity contribution in [1.82, 2.24) is 15.2 Å². The lowest BCUT2D eigenvalue weighted by molar-refractivity contribution is -0.116. The van der Waals surface area contributed by atoms with Gasteiger partial charge >= 0.3 is 0 Å². The molecule has 2 amide bonds. The van der Waals surface area contributed by atoms with Crippen LogP contribution in [0.4, 0.5) is 10.3 Å². The van der Waals surface area contributed by atoms with Gasteiger partial charge < -0.3 is 5.32 Å². The number of thioether (sulfide) groups is 1. The van der Waals surface area contributed by atoms with Gasteiger partial charge in [0.1, 0.15) is 0 Å². The molecule has 2 aromatic heterocycles. The summed E-state index contributed by atoms with van der Waals surface area (Å²) in [6.07, 6.45) is 4.20. The fraction of sp³-hybridized carbons (Fsp3) is 0.381. The summed E-state index contributed by atoms with van der Waals surface area (Å²) in [5, 5.41) is 14.2. The molecular formula is C21H23N5O2S3. The lowest BCUT2D eigenvalue weighted by atomic mass is 10.1. The standard InChI is InChI=1S/C21H23N5O2S3/c1-3-4-14-5-7-15(8-6-14)17-11-29-19(22-17)23-18(28)12-30-21-25-24-20(31-21)26(13(2)27)16-9-10-16/h5-8,11,16H,3-4,9-10,12H2,1-2H3,(H,22,23,28). The maximum absolute atomic E-state index is 12.3. The summed E-state index contributed by atoms with van der Waals surface area (Å²) in [6.45, 7) is 3.71. The van der Waals surface area contributed by atoms with Gasteiger partial charge in [-0.05, 0) is 24.8 Å². The average Bonchev–Trinajstić information content (AvgIpc) is 3.27. The van der Waals surface area contributed by atoms with Gasteiger partial charge in [0.25, 0.3) is 0 Å². The molecule has 1 saturated carbocycles. The van der Waals surface area contributed by atoms with Crippen LogP contribution in [0.15, 0.2) is 34.0 Å². The molecule has 10 heteroatoms. The van der Waals surface area contributed by atoms with Crippen molar-refractivity contribution >= 4 is 56.5 Å². The van der Waals surface area contributed by atoms with Gasteiger partial charge in [0.15, 0.2) is 9.47 Å². The zero-order valence-electron chi connectivity index (χ0n) is 17.3. The number of aryl methyl sites for hydroxylation is 1. The number of thiazole rings is 1. The van der Waals surface area contributed by atoms with Crippen LogP contribution in [0, 0.1) is 0 Å². The predicted molar refractivity (Wildman–Crippen MR) is 127 cm³/mol. The van der Waals surface area contributed by atoms with Crippen LogP contribution in [0.25, 0.3) is 11.3 Å². The number of carbonyl (C=O) groups excluding carboxylic acids is 2. The Morgan fingerprint density at radius 3 is 2.68 bits per heavy atom. The minimum absolute atomic E-state index is 0.0208. The number of nitrogens with one attached hydrogen (secondary N) is 1. The van der Waals surface area contributed by atoms with E-state index in [2.05, 4.69) is 51.7 Å². The lowest BCUT2D eigenvalue weighted by Crippen LogP contribution is -2.30. The molecule has 1 aromatic carbocycles. The van der Waals surface area contributed by atoms with Crippen LogP contribution in [0.2, 0.25) is 0 Å². The molecule has 31 heavy (non-hydrogen) atoms. The first-order valence-corrected chi connectivity index (χ1v) is 12.8. The summed E-state index contributed by atoms with van der Waals surface area (Å²) in [7, 11) is 0. The summed E-state index contributed by atoms with van der Waals surface area (Å²) in [5.41, 5.74) is 3.21. The molecule has 1 aliphatic carbocycles. The molecule has 1 N–H and O–H groups in total. The van der Waals surface area contributed by atoms with E-state index in [0.717, 1.165) is 36.9 Å². The van der Waals surface area contributed by atoms with Gasteiger partial charge in [0, 0.05) is 23.9 Å². The first kappa shape index (κ1) is 21.9. The van der Waals surface area contributed by atoms with Crippen LogP contribution in [-0.2, 0) is 16.0 Å². The quantitative estimate of drug-likeness (QED) is 0.353. The maximum Gasteiger partial charge on any atom is 0.236 e. The van der Waals surface area contributed by atoms with Gasteiger partial charge in [-0.1, -0.05) is 60.7 Å². The first-order chi connectivity index (χ1) is 15.0. The summed E-state index contributed by atoms with van der Waals surface area (Å²) in [6, 6.07) is 8.63. The Morgan fingerprint density at radius 1 is 1.23 bits per heavy atom. The molecule has 0 aliphatic heterocycles. The Kier molecular flexibility index (Phi) is 6.99. The number of nitrogens with zero attached hydrogens (tertiary/aromatic N) is 4. The highest BCUT2D eigenvalue weighted by atomic mass is 32.2. The maximum atomic E-state index is 12.3. The Bertz CT molecular complexity index is 1060. The van der Waals surface area contributed by atoms with Gasteiger partial charge in [-0.3, -0.25) is 14.5 Å². The van der Waals surface area contributed by atoms with Crippen LogP contribution in [0.1, 0.15) is 38.7 Å². The highest BCUT2D eigenvalue weighted by Gasteiger charge is 2.34. The Morgan fingerprint density at radius 2 is 2.00 bits per heavy atom. The summed E-state index contributed by atoms with van der Waals surface area (Å²) < 4.78 is 0.670. The fourth-order valence-corrected chi connectivity index (χ4v) is 5.61. The van der Waals surface area contributed by atoms with Crippen LogP contribution in [-0.4, -0.2) is 38.8 Å². The molecule has 0 radical (unpaired) electrons. The molecule has 0 spiro atoms. The summed E-state index contributed by atoms with van der Waals surface area (Å²) in [5.74, 6) is 0.0396. The van der Waals surface area contributed by atoms with Crippen LogP contribution in [0.5, 0.6) is 0 Å². The largest absolute Gasteiger partial charge is 0.301 e. The highest BCUT2D eigenvalue weighted by Crippen LogP contribution is 2.35. The van der Waals surface area contributed by atoms with Crippen molar-refractivity contribution in [3.63, 3.8) is 0 Å². The number of rotatable bonds is 9. The third-order valence-corrected chi connectivity index (χ3v) is 7.53. The third-order valence-electron chi connectivity index (χ3n) is 4.72. The van der Waals surface area contributed by atoms with Crippen molar-refractivity contribution in [2.45, 2.75) is 49.9 Å². The zero-order valence-corrected chi connectivity index (χ0v) is 19.8. The van der Waals surface area contributed by atoms with Crippen molar-refractivity contribution in [3.8, 4) is 11.3 Å². The van der Waals surface area contributed by atoms with E-state index in [0.29, 0.717) is 14.6 Å².